The lowest BCUT2D eigenvalue weighted by molar-refractivity contribution is -0.126. The van der Waals surface area contributed by atoms with Gasteiger partial charge in [0.1, 0.15) is 17.9 Å². The fraction of sp³-hybridized carbons (Fsp3) is 0.278. The number of hydrogen-bond acceptors (Lipinski definition) is 4. The van der Waals surface area contributed by atoms with Crippen LogP contribution in [0.4, 0.5) is 0 Å². The molecule has 0 saturated carbocycles. The highest BCUT2D eigenvalue weighted by molar-refractivity contribution is 9.10. The molecule has 0 aromatic heterocycles. The minimum absolute atomic E-state index is 0. The number of nitrogens with two attached hydrogens (primary N) is 1. The Morgan fingerprint density at radius 3 is 2.52 bits per heavy atom. The number of benzene rings is 2. The topological polar surface area (TPSA) is 84.6 Å². The number of nitrogens with one attached hydrogen (secondary N) is 1. The molecule has 0 aliphatic carbocycles. The molecular formula is C18H22BrClN2O3. The molecule has 5 nitrogen and oxygen atoms in total. The van der Waals surface area contributed by atoms with E-state index >= 15 is 0 Å². The second-order valence-corrected chi connectivity index (χ2v) is 6.49. The molecule has 2 aromatic rings. The summed E-state index contributed by atoms with van der Waals surface area (Å²) in [6, 6.07) is 14.7. The molecule has 1 amide bonds. The van der Waals surface area contributed by atoms with E-state index in [1.165, 1.54) is 0 Å². The number of ether oxygens (including phenoxy) is 1. The van der Waals surface area contributed by atoms with Crippen LogP contribution in [0.3, 0.4) is 0 Å². The minimum Gasteiger partial charge on any atom is -0.491 e. The van der Waals surface area contributed by atoms with Gasteiger partial charge in [0.05, 0.1) is 6.61 Å². The zero-order valence-electron chi connectivity index (χ0n) is 13.9. The molecule has 136 valence electrons. The molecule has 0 heterocycles. The maximum atomic E-state index is 12.5. The summed E-state index contributed by atoms with van der Waals surface area (Å²) in [6.45, 7) is 2.12. The van der Waals surface area contributed by atoms with Gasteiger partial charge in [0.25, 0.3) is 0 Å². The number of halogens is 2. The van der Waals surface area contributed by atoms with Gasteiger partial charge >= 0.3 is 0 Å². The van der Waals surface area contributed by atoms with Gasteiger partial charge in [0, 0.05) is 16.6 Å². The summed E-state index contributed by atoms with van der Waals surface area (Å²) < 4.78 is 6.39. The van der Waals surface area contributed by atoms with Gasteiger partial charge in [-0.3, -0.25) is 4.79 Å². The Bertz CT molecular complexity index is 693. The molecular weight excluding hydrogens is 408 g/mol. The van der Waals surface area contributed by atoms with Crippen molar-refractivity contribution in [3.8, 4) is 5.75 Å². The number of amides is 1. The maximum Gasteiger partial charge on any atom is 0.244 e. The molecule has 2 rings (SSSR count). The van der Waals surface area contributed by atoms with Crippen molar-refractivity contribution in [2.75, 3.05) is 13.2 Å². The Balaban J connectivity index is 0.00000312. The summed E-state index contributed by atoms with van der Waals surface area (Å²) in [5.74, 6) is 0.357. The van der Waals surface area contributed by atoms with Gasteiger partial charge in [-0.15, -0.1) is 12.4 Å². The molecule has 0 spiro atoms. The second kappa shape index (κ2) is 9.77. The van der Waals surface area contributed by atoms with E-state index in [-0.39, 0.29) is 31.5 Å². The van der Waals surface area contributed by atoms with Crippen molar-refractivity contribution in [1.29, 1.82) is 0 Å². The third-order valence-corrected chi connectivity index (χ3v) is 4.21. The first-order valence-corrected chi connectivity index (χ1v) is 8.39. The Hall–Kier alpha value is -1.60. The van der Waals surface area contributed by atoms with Crippen molar-refractivity contribution >= 4 is 34.2 Å². The largest absolute Gasteiger partial charge is 0.491 e. The Morgan fingerprint density at radius 2 is 1.88 bits per heavy atom. The molecule has 0 radical (unpaired) electrons. The monoisotopic (exact) mass is 428 g/mol. The summed E-state index contributed by atoms with van der Waals surface area (Å²) in [5.41, 5.74) is 6.64. The fourth-order valence-corrected chi connectivity index (χ4v) is 2.50. The van der Waals surface area contributed by atoms with Crippen LogP contribution >= 0.6 is 28.3 Å². The van der Waals surface area contributed by atoms with Crippen molar-refractivity contribution < 1.29 is 14.6 Å². The van der Waals surface area contributed by atoms with Crippen LogP contribution in [-0.2, 0) is 16.9 Å². The van der Waals surface area contributed by atoms with E-state index in [9.17, 15) is 4.79 Å². The molecule has 0 fully saturated rings. The molecule has 1 atom stereocenters. The first-order valence-electron chi connectivity index (χ1n) is 7.60. The number of hydrogen-bond donors (Lipinski definition) is 3. The molecule has 4 N–H and O–H groups in total. The van der Waals surface area contributed by atoms with E-state index < -0.39 is 5.54 Å². The zero-order valence-corrected chi connectivity index (χ0v) is 16.3. The van der Waals surface area contributed by atoms with Crippen LogP contribution < -0.4 is 15.8 Å². The molecule has 7 heteroatoms. The molecule has 0 aliphatic heterocycles. The van der Waals surface area contributed by atoms with Crippen LogP contribution in [0, 0.1) is 0 Å². The van der Waals surface area contributed by atoms with Crippen LogP contribution in [0.5, 0.6) is 5.75 Å². The van der Waals surface area contributed by atoms with Crippen molar-refractivity contribution in [1.82, 2.24) is 5.32 Å². The third-order valence-electron chi connectivity index (χ3n) is 3.68. The van der Waals surface area contributed by atoms with Gasteiger partial charge < -0.3 is 20.9 Å². The first-order chi connectivity index (χ1) is 11.4. The van der Waals surface area contributed by atoms with E-state index in [1.54, 1.807) is 13.0 Å². The van der Waals surface area contributed by atoms with E-state index in [0.717, 1.165) is 15.6 Å². The second-order valence-electron chi connectivity index (χ2n) is 5.57. The van der Waals surface area contributed by atoms with Gasteiger partial charge in [-0.25, -0.2) is 0 Å². The number of para-hydroxylation sites is 1. The van der Waals surface area contributed by atoms with Crippen LogP contribution in [-0.4, -0.2) is 24.2 Å². The van der Waals surface area contributed by atoms with Gasteiger partial charge in [-0.1, -0.05) is 46.3 Å². The fourth-order valence-electron chi connectivity index (χ4n) is 2.23. The molecule has 1 unspecified atom stereocenters. The Morgan fingerprint density at radius 1 is 1.24 bits per heavy atom. The summed E-state index contributed by atoms with van der Waals surface area (Å²) in [6.07, 6.45) is 0. The Labute approximate surface area is 162 Å². The number of carbonyl (C=O) groups excluding carboxylic acids is 1. The van der Waals surface area contributed by atoms with Gasteiger partial charge in [-0.2, -0.15) is 0 Å². The molecule has 2 aromatic carbocycles. The zero-order chi connectivity index (χ0) is 17.6. The van der Waals surface area contributed by atoms with Crippen molar-refractivity contribution in [3.05, 3.63) is 64.1 Å². The van der Waals surface area contributed by atoms with E-state index in [2.05, 4.69) is 21.2 Å². The standard InChI is InChI=1S/C18H21BrN2O3.ClH/c1-18(20,14-6-8-15(19)9-7-14)17(23)21-12-13-4-2-3-5-16(13)24-11-10-22;/h2-9,22H,10-12,20H2,1H3,(H,21,23);1H. The SMILES string of the molecule is CC(N)(C(=O)NCc1ccccc1OCCO)c1ccc(Br)cc1.Cl. The molecule has 25 heavy (non-hydrogen) atoms. The summed E-state index contributed by atoms with van der Waals surface area (Å²) in [7, 11) is 0. The van der Waals surface area contributed by atoms with Crippen molar-refractivity contribution in [2.24, 2.45) is 5.73 Å². The smallest absolute Gasteiger partial charge is 0.244 e. The third kappa shape index (κ3) is 5.71. The van der Waals surface area contributed by atoms with Crippen LogP contribution in [0.1, 0.15) is 18.1 Å². The molecule has 0 saturated heterocycles. The number of aliphatic hydroxyl groups excluding tert-OH is 1. The van der Waals surface area contributed by atoms with Crippen molar-refractivity contribution in [3.63, 3.8) is 0 Å². The van der Waals surface area contributed by atoms with Crippen LogP contribution in [0.25, 0.3) is 0 Å². The van der Waals surface area contributed by atoms with Gasteiger partial charge in [-0.05, 0) is 30.7 Å². The van der Waals surface area contributed by atoms with E-state index in [4.69, 9.17) is 15.6 Å². The van der Waals surface area contributed by atoms with E-state index in [0.29, 0.717) is 12.3 Å². The normalized spacial score (nSPS) is 12.6. The highest BCUT2D eigenvalue weighted by Gasteiger charge is 2.30. The average molecular weight is 430 g/mol. The molecule has 0 aliphatic rings. The van der Waals surface area contributed by atoms with Crippen LogP contribution in [0.2, 0.25) is 0 Å². The molecule has 0 bridgehead atoms. The maximum absolute atomic E-state index is 12.5. The van der Waals surface area contributed by atoms with E-state index in [1.807, 2.05) is 42.5 Å². The number of carbonyl (C=O) groups is 1. The lowest BCUT2D eigenvalue weighted by atomic mass is 9.92. The van der Waals surface area contributed by atoms with Crippen molar-refractivity contribution in [2.45, 2.75) is 19.0 Å². The predicted molar refractivity (Wildman–Crippen MR) is 104 cm³/mol. The van der Waals surface area contributed by atoms with Gasteiger partial charge in [0.2, 0.25) is 5.91 Å². The average Bonchev–Trinajstić information content (AvgIpc) is 2.58. The summed E-state index contributed by atoms with van der Waals surface area (Å²) in [5, 5.41) is 11.7. The number of rotatable bonds is 7. The summed E-state index contributed by atoms with van der Waals surface area (Å²) in [4.78, 5) is 12.5. The van der Waals surface area contributed by atoms with Crippen LogP contribution in [0.15, 0.2) is 53.0 Å². The first kappa shape index (κ1) is 21.4. The lowest BCUT2D eigenvalue weighted by Crippen LogP contribution is -2.48. The predicted octanol–water partition coefficient (Wildman–Crippen LogP) is 2.73. The minimum atomic E-state index is -1.14. The highest BCUT2D eigenvalue weighted by atomic mass is 79.9. The van der Waals surface area contributed by atoms with Gasteiger partial charge in [0.15, 0.2) is 0 Å². The Kier molecular flexibility index (Phi) is 8.38. The quantitative estimate of drug-likeness (QED) is 0.632. The lowest BCUT2D eigenvalue weighted by Gasteiger charge is -2.24. The highest BCUT2D eigenvalue weighted by Crippen LogP contribution is 2.22. The number of aliphatic hydroxyl groups is 1. The summed E-state index contributed by atoms with van der Waals surface area (Å²) >= 11 is 3.37.